The van der Waals surface area contributed by atoms with E-state index in [4.69, 9.17) is 0 Å². The summed E-state index contributed by atoms with van der Waals surface area (Å²) in [5.41, 5.74) is 0.465. The number of nitrogens with zero attached hydrogens (tertiary/aromatic N) is 1. The maximum Gasteiger partial charge on any atom is 0.184 e. The molecule has 0 bridgehead atoms. The fourth-order valence-electron chi connectivity index (χ4n) is 1.79. The predicted molar refractivity (Wildman–Crippen MR) is 73.2 cm³/mol. The molecule has 2 nitrogen and oxygen atoms in total. The number of carbonyl (C=O) groups is 1. The van der Waals surface area contributed by atoms with Gasteiger partial charge in [-0.1, -0.05) is 28.1 Å². The summed E-state index contributed by atoms with van der Waals surface area (Å²) in [6.45, 7) is 0. The molecule has 2 aromatic carbocycles. The second-order valence-corrected chi connectivity index (χ2v) is 5.03. The number of ketones is 1. The van der Waals surface area contributed by atoms with Crippen molar-refractivity contribution in [1.29, 1.82) is 5.26 Å². The molecular weight excluding hydrogens is 328 g/mol. The van der Waals surface area contributed by atoms with E-state index in [0.717, 1.165) is 16.6 Å². The van der Waals surface area contributed by atoms with Crippen LogP contribution in [0.3, 0.4) is 0 Å². The third-order valence-corrected chi connectivity index (χ3v) is 3.27. The van der Waals surface area contributed by atoms with Crippen LogP contribution in [-0.4, -0.2) is 5.78 Å². The molecule has 0 aromatic heterocycles. The summed E-state index contributed by atoms with van der Waals surface area (Å²) in [6, 6.07) is 11.5. The van der Waals surface area contributed by atoms with Gasteiger partial charge in [-0.25, -0.2) is 8.78 Å². The number of nitriles is 1. The van der Waals surface area contributed by atoms with Crippen molar-refractivity contribution < 1.29 is 13.6 Å². The zero-order valence-electron chi connectivity index (χ0n) is 10.1. The fraction of sp³-hybridized carbons (Fsp3) is 0.0667. The Hall–Kier alpha value is -2.06. The Kier molecular flexibility index (Phi) is 4.26. The molecule has 1 atom stereocenters. The van der Waals surface area contributed by atoms with Crippen LogP contribution < -0.4 is 0 Å². The summed E-state index contributed by atoms with van der Waals surface area (Å²) < 4.78 is 26.7. The highest BCUT2D eigenvalue weighted by Gasteiger charge is 2.22. The number of Topliss-reactive ketones (excluding diaryl/α,β-unsaturated/α-hetero) is 1. The first-order chi connectivity index (χ1) is 9.52. The highest BCUT2D eigenvalue weighted by atomic mass is 79.9. The molecule has 1 unspecified atom stereocenters. The van der Waals surface area contributed by atoms with Crippen LogP contribution in [0.5, 0.6) is 0 Å². The molecule has 0 radical (unpaired) electrons. The molecule has 0 amide bonds. The van der Waals surface area contributed by atoms with Crippen molar-refractivity contribution in [2.24, 2.45) is 0 Å². The lowest BCUT2D eigenvalue weighted by Crippen LogP contribution is -2.11. The van der Waals surface area contributed by atoms with Crippen LogP contribution in [-0.2, 0) is 0 Å². The average Bonchev–Trinajstić information content (AvgIpc) is 2.42. The quantitative estimate of drug-likeness (QED) is 0.788. The second-order valence-electron chi connectivity index (χ2n) is 4.11. The molecule has 2 aromatic rings. The summed E-state index contributed by atoms with van der Waals surface area (Å²) >= 11 is 3.26. The van der Waals surface area contributed by atoms with E-state index < -0.39 is 23.3 Å². The third kappa shape index (κ3) is 2.91. The van der Waals surface area contributed by atoms with Crippen LogP contribution in [0.1, 0.15) is 21.8 Å². The number of hydrogen-bond acceptors (Lipinski definition) is 2. The van der Waals surface area contributed by atoms with Crippen LogP contribution in [0.2, 0.25) is 0 Å². The summed E-state index contributed by atoms with van der Waals surface area (Å²) in [7, 11) is 0. The van der Waals surface area contributed by atoms with Crippen LogP contribution in [0.25, 0.3) is 0 Å². The highest BCUT2D eigenvalue weighted by molar-refractivity contribution is 9.10. The largest absolute Gasteiger partial charge is 0.292 e. The van der Waals surface area contributed by atoms with E-state index in [0.29, 0.717) is 5.56 Å². The van der Waals surface area contributed by atoms with Crippen molar-refractivity contribution in [1.82, 2.24) is 0 Å². The Labute approximate surface area is 122 Å². The van der Waals surface area contributed by atoms with Gasteiger partial charge in [0, 0.05) is 10.0 Å². The SMILES string of the molecule is N#CC(C(=O)c1ccc(F)c(F)c1)c1cccc(Br)c1. The summed E-state index contributed by atoms with van der Waals surface area (Å²) in [6.07, 6.45) is 0. The smallest absolute Gasteiger partial charge is 0.184 e. The molecule has 0 aliphatic heterocycles. The van der Waals surface area contributed by atoms with E-state index in [-0.39, 0.29) is 5.56 Å². The van der Waals surface area contributed by atoms with Gasteiger partial charge in [0.25, 0.3) is 0 Å². The van der Waals surface area contributed by atoms with Gasteiger partial charge in [-0.05, 0) is 35.9 Å². The molecule has 0 N–H and O–H groups in total. The topological polar surface area (TPSA) is 40.9 Å². The van der Waals surface area contributed by atoms with E-state index in [1.807, 2.05) is 6.07 Å². The lowest BCUT2D eigenvalue weighted by atomic mass is 9.92. The van der Waals surface area contributed by atoms with Crippen LogP contribution >= 0.6 is 15.9 Å². The summed E-state index contributed by atoms with van der Waals surface area (Å²) in [4.78, 5) is 12.2. The second kappa shape index (κ2) is 5.93. The van der Waals surface area contributed by atoms with E-state index in [9.17, 15) is 18.8 Å². The van der Waals surface area contributed by atoms with Gasteiger partial charge in [0.1, 0.15) is 5.92 Å². The van der Waals surface area contributed by atoms with Crippen molar-refractivity contribution in [2.45, 2.75) is 5.92 Å². The molecule has 100 valence electrons. The van der Waals surface area contributed by atoms with Crippen molar-refractivity contribution in [3.8, 4) is 6.07 Å². The monoisotopic (exact) mass is 335 g/mol. The van der Waals surface area contributed by atoms with Crippen molar-refractivity contribution >= 4 is 21.7 Å². The fourth-order valence-corrected chi connectivity index (χ4v) is 2.20. The Bertz CT molecular complexity index is 709. The Morgan fingerprint density at radius 2 is 1.90 bits per heavy atom. The van der Waals surface area contributed by atoms with Gasteiger partial charge in [0.15, 0.2) is 17.4 Å². The lowest BCUT2D eigenvalue weighted by molar-refractivity contribution is 0.0978. The number of rotatable bonds is 3. The average molecular weight is 336 g/mol. The minimum absolute atomic E-state index is 0.0320. The maximum absolute atomic E-state index is 13.2. The Morgan fingerprint density at radius 3 is 2.50 bits per heavy atom. The molecule has 0 fully saturated rings. The van der Waals surface area contributed by atoms with Gasteiger partial charge in [-0.3, -0.25) is 4.79 Å². The Balaban J connectivity index is 2.39. The first-order valence-corrected chi connectivity index (χ1v) is 6.46. The zero-order valence-corrected chi connectivity index (χ0v) is 11.7. The van der Waals surface area contributed by atoms with Gasteiger partial charge in [0.2, 0.25) is 0 Å². The van der Waals surface area contributed by atoms with E-state index in [2.05, 4.69) is 15.9 Å². The van der Waals surface area contributed by atoms with Crippen molar-refractivity contribution in [2.75, 3.05) is 0 Å². The first kappa shape index (κ1) is 14.4. The molecular formula is C15H8BrF2NO. The predicted octanol–water partition coefficient (Wildman–Crippen LogP) is 4.22. The van der Waals surface area contributed by atoms with E-state index >= 15 is 0 Å². The van der Waals surface area contributed by atoms with Crippen molar-refractivity contribution in [3.05, 3.63) is 69.7 Å². The van der Waals surface area contributed by atoms with Gasteiger partial charge >= 0.3 is 0 Å². The van der Waals surface area contributed by atoms with Crippen LogP contribution in [0.4, 0.5) is 8.78 Å². The highest BCUT2D eigenvalue weighted by Crippen LogP contribution is 2.24. The first-order valence-electron chi connectivity index (χ1n) is 5.67. The number of halogens is 3. The molecule has 2 rings (SSSR count). The molecule has 0 spiro atoms. The molecule has 0 aliphatic rings. The molecule has 20 heavy (non-hydrogen) atoms. The van der Waals surface area contributed by atoms with Gasteiger partial charge in [0.05, 0.1) is 6.07 Å². The number of carbonyl (C=O) groups excluding carboxylic acids is 1. The number of hydrogen-bond donors (Lipinski definition) is 0. The van der Waals surface area contributed by atoms with Crippen LogP contribution in [0.15, 0.2) is 46.9 Å². The van der Waals surface area contributed by atoms with Gasteiger partial charge in [-0.15, -0.1) is 0 Å². The minimum Gasteiger partial charge on any atom is -0.292 e. The van der Waals surface area contributed by atoms with Gasteiger partial charge in [-0.2, -0.15) is 5.26 Å². The summed E-state index contributed by atoms with van der Waals surface area (Å²) in [5.74, 6) is -3.76. The van der Waals surface area contributed by atoms with E-state index in [1.54, 1.807) is 24.3 Å². The lowest BCUT2D eigenvalue weighted by Gasteiger charge is -2.09. The molecule has 0 saturated heterocycles. The Morgan fingerprint density at radius 1 is 1.15 bits per heavy atom. The van der Waals surface area contributed by atoms with E-state index in [1.165, 1.54) is 6.07 Å². The molecule has 5 heteroatoms. The standard InChI is InChI=1S/C15H8BrF2NO/c16-11-3-1-2-9(6-11)12(8-19)15(20)10-4-5-13(17)14(18)7-10/h1-7,12H. The normalized spacial score (nSPS) is 11.7. The van der Waals surface area contributed by atoms with Crippen LogP contribution in [0, 0.1) is 23.0 Å². The maximum atomic E-state index is 13.2. The third-order valence-electron chi connectivity index (χ3n) is 2.78. The van der Waals surface area contributed by atoms with Crippen molar-refractivity contribution in [3.63, 3.8) is 0 Å². The summed E-state index contributed by atoms with van der Waals surface area (Å²) in [5, 5.41) is 9.17. The number of benzene rings is 2. The van der Waals surface area contributed by atoms with Gasteiger partial charge < -0.3 is 0 Å². The molecule has 0 aliphatic carbocycles. The molecule has 0 heterocycles. The minimum atomic E-state index is -1.11. The zero-order chi connectivity index (χ0) is 14.7. The molecule has 0 saturated carbocycles.